The third-order valence-corrected chi connectivity index (χ3v) is 5.00. The van der Waals surface area contributed by atoms with E-state index in [0.717, 1.165) is 11.3 Å². The molecular formula is C21H24ClN3O4. The Morgan fingerprint density at radius 3 is 2.55 bits per heavy atom. The van der Waals surface area contributed by atoms with Gasteiger partial charge >= 0.3 is 6.03 Å². The zero-order chi connectivity index (χ0) is 20.8. The molecule has 1 heterocycles. The number of carbonyl (C=O) groups is 2. The first-order valence-corrected chi connectivity index (χ1v) is 9.69. The predicted octanol–water partition coefficient (Wildman–Crippen LogP) is 3.00. The lowest BCUT2D eigenvalue weighted by atomic mass is 10.1. The Bertz CT molecular complexity index is 873. The number of amides is 3. The fourth-order valence-electron chi connectivity index (χ4n) is 3.27. The summed E-state index contributed by atoms with van der Waals surface area (Å²) in [4.78, 5) is 26.1. The van der Waals surface area contributed by atoms with Gasteiger partial charge in [-0.3, -0.25) is 4.79 Å². The summed E-state index contributed by atoms with van der Waals surface area (Å²) < 4.78 is 10.5. The van der Waals surface area contributed by atoms with Crippen LogP contribution in [-0.4, -0.2) is 45.3 Å². The number of hydrogen-bond acceptors (Lipinski definition) is 4. The Morgan fingerprint density at radius 1 is 1.14 bits per heavy atom. The molecular weight excluding hydrogens is 394 g/mol. The number of anilines is 1. The largest absolute Gasteiger partial charge is 0.493 e. The van der Waals surface area contributed by atoms with Gasteiger partial charge in [0, 0.05) is 30.2 Å². The number of carbonyl (C=O) groups excluding carboxylic acids is 2. The number of benzene rings is 2. The molecule has 7 nitrogen and oxygen atoms in total. The Hall–Kier alpha value is -2.93. The Balaban J connectivity index is 1.46. The van der Waals surface area contributed by atoms with Crippen molar-refractivity contribution in [3.8, 4) is 11.5 Å². The van der Waals surface area contributed by atoms with Crippen molar-refractivity contribution in [3.05, 3.63) is 53.1 Å². The van der Waals surface area contributed by atoms with Crippen LogP contribution in [0.1, 0.15) is 12.0 Å². The first-order chi connectivity index (χ1) is 14.0. The number of halogens is 1. The summed E-state index contributed by atoms with van der Waals surface area (Å²) in [6, 6.07) is 12.2. The van der Waals surface area contributed by atoms with Gasteiger partial charge in [0.1, 0.15) is 0 Å². The Labute approximate surface area is 174 Å². The van der Waals surface area contributed by atoms with Gasteiger partial charge in [-0.15, -0.1) is 0 Å². The number of urea groups is 1. The molecule has 1 atom stereocenters. The van der Waals surface area contributed by atoms with Crippen LogP contribution < -0.4 is 25.0 Å². The Morgan fingerprint density at radius 2 is 1.86 bits per heavy atom. The van der Waals surface area contributed by atoms with Gasteiger partial charge in [-0.05, 0) is 48.4 Å². The van der Waals surface area contributed by atoms with Gasteiger partial charge < -0.3 is 25.0 Å². The van der Waals surface area contributed by atoms with E-state index in [0.29, 0.717) is 36.0 Å². The van der Waals surface area contributed by atoms with E-state index in [9.17, 15) is 9.59 Å². The number of nitrogens with one attached hydrogen (secondary N) is 2. The maximum absolute atomic E-state index is 12.3. The summed E-state index contributed by atoms with van der Waals surface area (Å²) in [6.45, 7) is 0.895. The molecule has 8 heteroatoms. The van der Waals surface area contributed by atoms with Crippen LogP contribution in [0.3, 0.4) is 0 Å². The highest BCUT2D eigenvalue weighted by Gasteiger charge is 2.31. The van der Waals surface area contributed by atoms with Crippen molar-refractivity contribution in [1.82, 2.24) is 10.6 Å². The first-order valence-electron chi connectivity index (χ1n) is 9.31. The van der Waals surface area contributed by atoms with Crippen LogP contribution in [0.2, 0.25) is 5.02 Å². The molecule has 0 spiro atoms. The van der Waals surface area contributed by atoms with E-state index in [1.807, 2.05) is 18.2 Å². The molecule has 1 unspecified atom stereocenters. The van der Waals surface area contributed by atoms with Crippen molar-refractivity contribution in [2.75, 3.05) is 32.2 Å². The van der Waals surface area contributed by atoms with Crippen molar-refractivity contribution in [2.24, 2.45) is 0 Å². The lowest BCUT2D eigenvalue weighted by molar-refractivity contribution is -0.117. The van der Waals surface area contributed by atoms with Crippen molar-refractivity contribution < 1.29 is 19.1 Å². The standard InChI is InChI=1S/C21H24ClN3O4/c1-28-18-8-3-14(11-19(18)29-2)9-10-23-21(27)24-16-12-20(26)25(13-16)17-6-4-15(22)5-7-17/h3-8,11,16H,9-10,12-13H2,1-2H3,(H2,23,24,27). The molecule has 0 bridgehead atoms. The molecule has 1 aliphatic rings. The minimum Gasteiger partial charge on any atom is -0.493 e. The molecule has 154 valence electrons. The predicted molar refractivity (Wildman–Crippen MR) is 112 cm³/mol. The number of hydrogen-bond donors (Lipinski definition) is 2. The molecule has 1 saturated heterocycles. The molecule has 3 amide bonds. The van der Waals surface area contributed by atoms with Gasteiger partial charge in [-0.2, -0.15) is 0 Å². The van der Waals surface area contributed by atoms with Crippen LogP contribution >= 0.6 is 11.6 Å². The highest BCUT2D eigenvalue weighted by molar-refractivity contribution is 6.30. The monoisotopic (exact) mass is 417 g/mol. The van der Waals surface area contributed by atoms with Gasteiger partial charge in [-0.25, -0.2) is 4.79 Å². The number of nitrogens with zero attached hydrogens (tertiary/aromatic N) is 1. The van der Waals surface area contributed by atoms with E-state index in [4.69, 9.17) is 21.1 Å². The molecule has 0 radical (unpaired) electrons. The summed E-state index contributed by atoms with van der Waals surface area (Å²) in [6.07, 6.45) is 0.917. The maximum Gasteiger partial charge on any atom is 0.315 e. The van der Waals surface area contributed by atoms with Crippen molar-refractivity contribution in [3.63, 3.8) is 0 Å². The molecule has 0 saturated carbocycles. The molecule has 0 aromatic heterocycles. The summed E-state index contributed by atoms with van der Waals surface area (Å²) in [5.41, 5.74) is 1.80. The van der Waals surface area contributed by atoms with Crippen LogP contribution in [0.25, 0.3) is 0 Å². The molecule has 0 aliphatic carbocycles. The second-order valence-corrected chi connectivity index (χ2v) is 7.16. The van der Waals surface area contributed by atoms with Gasteiger partial charge in [-0.1, -0.05) is 17.7 Å². The average molecular weight is 418 g/mol. The van der Waals surface area contributed by atoms with Crippen LogP contribution in [0.5, 0.6) is 11.5 Å². The van der Waals surface area contributed by atoms with Gasteiger partial charge in [0.05, 0.1) is 20.3 Å². The van der Waals surface area contributed by atoms with E-state index in [1.54, 1.807) is 43.4 Å². The molecule has 2 aromatic rings. The maximum atomic E-state index is 12.3. The SMILES string of the molecule is COc1ccc(CCNC(=O)NC2CC(=O)N(c3ccc(Cl)cc3)C2)cc1OC. The highest BCUT2D eigenvalue weighted by Crippen LogP contribution is 2.27. The second kappa shape index (κ2) is 9.52. The number of ether oxygens (including phenoxy) is 2. The highest BCUT2D eigenvalue weighted by atomic mass is 35.5. The zero-order valence-electron chi connectivity index (χ0n) is 16.4. The smallest absolute Gasteiger partial charge is 0.315 e. The quantitative estimate of drug-likeness (QED) is 0.725. The minimum atomic E-state index is -0.291. The molecule has 2 aromatic carbocycles. The summed E-state index contributed by atoms with van der Waals surface area (Å²) in [5.74, 6) is 1.29. The summed E-state index contributed by atoms with van der Waals surface area (Å²) in [5, 5.41) is 6.31. The normalized spacial score (nSPS) is 15.9. The summed E-state index contributed by atoms with van der Waals surface area (Å²) >= 11 is 5.90. The van der Waals surface area contributed by atoms with Crippen molar-refractivity contribution in [1.29, 1.82) is 0 Å². The minimum absolute atomic E-state index is 0.0250. The number of rotatable bonds is 7. The Kier molecular flexibility index (Phi) is 6.82. The van der Waals surface area contributed by atoms with Gasteiger partial charge in [0.25, 0.3) is 0 Å². The van der Waals surface area contributed by atoms with Crippen LogP contribution in [0.4, 0.5) is 10.5 Å². The van der Waals surface area contributed by atoms with E-state index in [1.165, 1.54) is 0 Å². The van der Waals surface area contributed by atoms with Crippen molar-refractivity contribution >= 4 is 29.2 Å². The number of methoxy groups -OCH3 is 2. The van der Waals surface area contributed by atoms with Crippen LogP contribution in [0, 0.1) is 0 Å². The molecule has 1 aliphatic heterocycles. The van der Waals surface area contributed by atoms with Crippen LogP contribution in [-0.2, 0) is 11.2 Å². The molecule has 3 rings (SSSR count). The molecule has 29 heavy (non-hydrogen) atoms. The fourth-order valence-corrected chi connectivity index (χ4v) is 3.39. The van der Waals surface area contributed by atoms with Gasteiger partial charge in [0.2, 0.25) is 5.91 Å². The molecule has 1 fully saturated rings. The lowest BCUT2D eigenvalue weighted by Crippen LogP contribution is -2.43. The second-order valence-electron chi connectivity index (χ2n) is 6.72. The topological polar surface area (TPSA) is 79.9 Å². The third-order valence-electron chi connectivity index (χ3n) is 4.75. The fraction of sp³-hybridized carbons (Fsp3) is 0.333. The molecule has 2 N–H and O–H groups in total. The van der Waals surface area contributed by atoms with E-state index < -0.39 is 0 Å². The third kappa shape index (κ3) is 5.32. The summed E-state index contributed by atoms with van der Waals surface area (Å²) in [7, 11) is 3.18. The first kappa shape index (κ1) is 20.8. The lowest BCUT2D eigenvalue weighted by Gasteiger charge is -2.17. The van der Waals surface area contributed by atoms with E-state index in [2.05, 4.69) is 10.6 Å². The van der Waals surface area contributed by atoms with E-state index >= 15 is 0 Å². The van der Waals surface area contributed by atoms with E-state index in [-0.39, 0.29) is 24.4 Å². The average Bonchev–Trinajstić information content (AvgIpc) is 3.08. The zero-order valence-corrected chi connectivity index (χ0v) is 17.2. The van der Waals surface area contributed by atoms with Crippen molar-refractivity contribution in [2.45, 2.75) is 18.9 Å². The van der Waals surface area contributed by atoms with Gasteiger partial charge in [0.15, 0.2) is 11.5 Å². The van der Waals surface area contributed by atoms with Crippen LogP contribution in [0.15, 0.2) is 42.5 Å².